The molecule has 1 aromatic heterocycles. The molecule has 0 aliphatic carbocycles. The van der Waals surface area contributed by atoms with Crippen molar-refractivity contribution < 1.29 is 0 Å². The van der Waals surface area contributed by atoms with Gasteiger partial charge in [-0.3, -0.25) is 0 Å². The smallest absolute Gasteiger partial charge is 0.0488 e. The fourth-order valence-electron chi connectivity index (χ4n) is 2.83. The molecule has 0 amide bonds. The van der Waals surface area contributed by atoms with E-state index in [9.17, 15) is 0 Å². The minimum Gasteiger partial charge on any atom is -0.344 e. The van der Waals surface area contributed by atoms with Gasteiger partial charge in [0, 0.05) is 23.6 Å². The lowest BCUT2D eigenvalue weighted by Crippen LogP contribution is -1.92. The molecule has 0 atom stereocenters. The van der Waals surface area contributed by atoms with E-state index in [1.54, 1.807) is 0 Å². The quantitative estimate of drug-likeness (QED) is 0.610. The number of aromatic nitrogens is 1. The highest BCUT2D eigenvalue weighted by Crippen LogP contribution is 2.27. The van der Waals surface area contributed by atoms with E-state index < -0.39 is 0 Å². The van der Waals surface area contributed by atoms with Crippen LogP contribution in [0.5, 0.6) is 0 Å². The van der Waals surface area contributed by atoms with Crippen LogP contribution in [0.1, 0.15) is 25.3 Å². The van der Waals surface area contributed by atoms with Crippen LogP contribution < -0.4 is 0 Å². The third-order valence-corrected chi connectivity index (χ3v) is 3.99. The van der Waals surface area contributed by atoms with Gasteiger partial charge >= 0.3 is 0 Å². The van der Waals surface area contributed by atoms with E-state index in [4.69, 9.17) is 0 Å². The molecule has 0 unspecified atom stereocenters. The molecule has 20 heavy (non-hydrogen) atoms. The number of unbranched alkanes of at least 4 members (excludes halogenated alkanes) is 1. The fourth-order valence-corrected chi connectivity index (χ4v) is 2.83. The molecule has 0 N–H and O–H groups in total. The van der Waals surface area contributed by atoms with Crippen molar-refractivity contribution in [1.82, 2.24) is 4.57 Å². The van der Waals surface area contributed by atoms with E-state index in [2.05, 4.69) is 73.1 Å². The number of aryl methyl sites for hydroxylation is 2. The summed E-state index contributed by atoms with van der Waals surface area (Å²) >= 11 is 0. The first kappa shape index (κ1) is 13.0. The number of hydrogen-bond acceptors (Lipinski definition) is 0. The Morgan fingerprint density at radius 2 is 1.80 bits per heavy atom. The van der Waals surface area contributed by atoms with Gasteiger partial charge in [0.15, 0.2) is 0 Å². The summed E-state index contributed by atoms with van der Waals surface area (Å²) in [6.45, 7) is 2.24. The first-order valence-corrected chi connectivity index (χ1v) is 7.43. The van der Waals surface area contributed by atoms with E-state index in [0.717, 1.165) is 0 Å². The van der Waals surface area contributed by atoms with Crippen molar-refractivity contribution in [1.29, 1.82) is 0 Å². The van der Waals surface area contributed by atoms with Gasteiger partial charge in [0.2, 0.25) is 0 Å². The maximum absolute atomic E-state index is 2.34. The third kappa shape index (κ3) is 2.36. The van der Waals surface area contributed by atoms with Crippen LogP contribution in [0.15, 0.2) is 54.6 Å². The van der Waals surface area contributed by atoms with Gasteiger partial charge in [0.05, 0.1) is 0 Å². The Hall–Kier alpha value is -2.02. The van der Waals surface area contributed by atoms with Crippen LogP contribution >= 0.6 is 0 Å². The zero-order valence-electron chi connectivity index (χ0n) is 12.3. The number of hydrogen-bond donors (Lipinski definition) is 0. The second-order valence-electron chi connectivity index (χ2n) is 5.45. The molecule has 3 rings (SSSR count). The molecule has 1 nitrogen and oxygen atoms in total. The predicted octanol–water partition coefficient (Wildman–Crippen LogP) is 5.19. The van der Waals surface area contributed by atoms with Gasteiger partial charge in [-0.2, -0.15) is 0 Å². The third-order valence-electron chi connectivity index (χ3n) is 3.99. The van der Waals surface area contributed by atoms with Crippen molar-refractivity contribution in [3.8, 4) is 11.3 Å². The van der Waals surface area contributed by atoms with Crippen molar-refractivity contribution in [2.45, 2.75) is 26.2 Å². The lowest BCUT2D eigenvalue weighted by molar-refractivity contribution is 0.795. The SMILES string of the molecule is CCCCc1cccc(-c2cc3ccccc3n2C)c1. The van der Waals surface area contributed by atoms with Crippen molar-refractivity contribution in [3.05, 3.63) is 60.2 Å². The van der Waals surface area contributed by atoms with Crippen molar-refractivity contribution in [3.63, 3.8) is 0 Å². The fraction of sp³-hybridized carbons (Fsp3) is 0.263. The molecule has 0 aliphatic heterocycles. The predicted molar refractivity (Wildman–Crippen MR) is 87.0 cm³/mol. The van der Waals surface area contributed by atoms with Crippen LogP contribution in [0.25, 0.3) is 22.2 Å². The molecule has 102 valence electrons. The summed E-state index contributed by atoms with van der Waals surface area (Å²) in [7, 11) is 2.15. The number of para-hydroxylation sites is 1. The van der Waals surface area contributed by atoms with E-state index in [1.807, 2.05) is 0 Å². The molecule has 2 aromatic carbocycles. The van der Waals surface area contributed by atoms with Crippen molar-refractivity contribution in [2.75, 3.05) is 0 Å². The summed E-state index contributed by atoms with van der Waals surface area (Å²) in [6, 6.07) is 19.8. The molecule has 0 fully saturated rings. The van der Waals surface area contributed by atoms with Crippen LogP contribution in [0.2, 0.25) is 0 Å². The second kappa shape index (κ2) is 5.54. The van der Waals surface area contributed by atoms with Crippen LogP contribution in [-0.2, 0) is 13.5 Å². The standard InChI is InChI=1S/C19H21N/c1-3-4-8-15-9-7-11-16(13-15)19-14-17-10-5-6-12-18(17)20(19)2/h5-7,9-14H,3-4,8H2,1-2H3. The number of rotatable bonds is 4. The first-order chi connectivity index (χ1) is 9.79. The Morgan fingerprint density at radius 3 is 2.60 bits per heavy atom. The van der Waals surface area contributed by atoms with Gasteiger partial charge in [0.25, 0.3) is 0 Å². The number of nitrogens with zero attached hydrogens (tertiary/aromatic N) is 1. The summed E-state index contributed by atoms with van der Waals surface area (Å²) < 4.78 is 2.29. The second-order valence-corrected chi connectivity index (χ2v) is 5.45. The molecule has 0 saturated carbocycles. The molecule has 0 bridgehead atoms. The number of benzene rings is 2. The van der Waals surface area contributed by atoms with E-state index in [1.165, 1.54) is 47.0 Å². The molecule has 0 aliphatic rings. The highest BCUT2D eigenvalue weighted by Gasteiger charge is 2.07. The first-order valence-electron chi connectivity index (χ1n) is 7.43. The van der Waals surface area contributed by atoms with Crippen LogP contribution in [0.4, 0.5) is 0 Å². The average Bonchev–Trinajstić information content (AvgIpc) is 2.83. The molecule has 1 heterocycles. The minimum absolute atomic E-state index is 1.17. The number of fused-ring (bicyclic) bond motifs is 1. The van der Waals surface area contributed by atoms with Gasteiger partial charge in [-0.25, -0.2) is 0 Å². The van der Waals surface area contributed by atoms with Gasteiger partial charge < -0.3 is 4.57 Å². The minimum atomic E-state index is 1.17. The molecule has 0 spiro atoms. The average molecular weight is 263 g/mol. The lowest BCUT2D eigenvalue weighted by Gasteiger charge is -2.07. The topological polar surface area (TPSA) is 4.93 Å². The molecule has 1 heteroatoms. The van der Waals surface area contributed by atoms with Gasteiger partial charge in [-0.1, -0.05) is 49.7 Å². The Kier molecular flexibility index (Phi) is 3.60. The van der Waals surface area contributed by atoms with Gasteiger partial charge in [0.1, 0.15) is 0 Å². The highest BCUT2D eigenvalue weighted by molar-refractivity contribution is 5.86. The summed E-state index contributed by atoms with van der Waals surface area (Å²) in [5, 5.41) is 1.31. The lowest BCUT2D eigenvalue weighted by atomic mass is 10.0. The zero-order valence-corrected chi connectivity index (χ0v) is 12.3. The monoisotopic (exact) mass is 263 g/mol. The van der Waals surface area contributed by atoms with Gasteiger partial charge in [-0.15, -0.1) is 0 Å². The zero-order chi connectivity index (χ0) is 13.9. The molecular formula is C19H21N. The van der Waals surface area contributed by atoms with Crippen molar-refractivity contribution >= 4 is 10.9 Å². The maximum Gasteiger partial charge on any atom is 0.0488 e. The molecule has 3 aromatic rings. The molecule has 0 radical (unpaired) electrons. The van der Waals surface area contributed by atoms with E-state index >= 15 is 0 Å². The van der Waals surface area contributed by atoms with Crippen LogP contribution in [0, 0.1) is 0 Å². The van der Waals surface area contributed by atoms with Crippen LogP contribution in [-0.4, -0.2) is 4.57 Å². The summed E-state index contributed by atoms with van der Waals surface area (Å²) in [6.07, 6.45) is 3.69. The Labute approximate surface area is 120 Å². The van der Waals surface area contributed by atoms with Crippen LogP contribution in [0.3, 0.4) is 0 Å². The normalized spacial score (nSPS) is 11.1. The van der Waals surface area contributed by atoms with E-state index in [0.29, 0.717) is 0 Å². The maximum atomic E-state index is 2.34. The summed E-state index contributed by atoms with van der Waals surface area (Å²) in [5.41, 5.74) is 5.35. The summed E-state index contributed by atoms with van der Waals surface area (Å²) in [5.74, 6) is 0. The Morgan fingerprint density at radius 1 is 0.950 bits per heavy atom. The molecule has 0 saturated heterocycles. The Bertz CT molecular complexity index is 721. The van der Waals surface area contributed by atoms with Gasteiger partial charge in [-0.05, 0) is 42.2 Å². The summed E-state index contributed by atoms with van der Waals surface area (Å²) in [4.78, 5) is 0. The Balaban J connectivity index is 2.04. The van der Waals surface area contributed by atoms with E-state index in [-0.39, 0.29) is 0 Å². The highest BCUT2D eigenvalue weighted by atomic mass is 14.9. The molecular weight excluding hydrogens is 242 g/mol. The van der Waals surface area contributed by atoms with Crippen molar-refractivity contribution in [2.24, 2.45) is 7.05 Å². The largest absolute Gasteiger partial charge is 0.344 e.